The molecule has 2 aromatic heterocycles. The first-order valence-electron chi connectivity index (χ1n) is 9.68. The number of carbonyl (C=O) groups excluding carboxylic acids is 2. The number of nitrogens with zero attached hydrogens (tertiary/aromatic N) is 2. The Bertz CT molecular complexity index is 832. The van der Waals surface area contributed by atoms with Gasteiger partial charge in [-0.15, -0.1) is 0 Å². The normalized spacial score (nSPS) is 23.1. The number of aromatic nitrogens is 2. The van der Waals surface area contributed by atoms with Gasteiger partial charge in [-0.3, -0.25) is 14.7 Å². The van der Waals surface area contributed by atoms with E-state index in [-0.39, 0.29) is 23.8 Å². The smallest absolute Gasteiger partial charge is 0.257 e. The van der Waals surface area contributed by atoms with Gasteiger partial charge in [-0.05, 0) is 50.2 Å². The first kappa shape index (κ1) is 17.8. The number of likely N-dealkylation sites (tertiary alicyclic amines) is 1. The Hall–Kier alpha value is -2.57. The molecule has 1 saturated heterocycles. The summed E-state index contributed by atoms with van der Waals surface area (Å²) in [6.45, 7) is 5.27. The van der Waals surface area contributed by atoms with Crippen LogP contribution in [0, 0.1) is 12.8 Å². The van der Waals surface area contributed by atoms with Crippen molar-refractivity contribution in [3.05, 3.63) is 41.1 Å². The van der Waals surface area contributed by atoms with Crippen LogP contribution in [0.3, 0.4) is 0 Å². The molecule has 144 valence electrons. The number of rotatable bonds is 3. The maximum Gasteiger partial charge on any atom is 0.257 e. The second-order valence-electron chi connectivity index (χ2n) is 7.87. The van der Waals surface area contributed by atoms with Crippen LogP contribution < -0.4 is 5.32 Å². The molecule has 0 spiro atoms. The number of aromatic amines is 1. The number of aryl methyl sites for hydroxylation is 1. The number of furan rings is 1. The van der Waals surface area contributed by atoms with Gasteiger partial charge < -0.3 is 14.6 Å². The monoisotopic (exact) mass is 370 g/mol. The van der Waals surface area contributed by atoms with Gasteiger partial charge in [0.25, 0.3) is 5.91 Å². The molecule has 2 unspecified atom stereocenters. The zero-order valence-corrected chi connectivity index (χ0v) is 15.8. The van der Waals surface area contributed by atoms with Crippen molar-refractivity contribution in [3.8, 4) is 0 Å². The third-order valence-corrected chi connectivity index (χ3v) is 5.84. The molecule has 0 aromatic carbocycles. The van der Waals surface area contributed by atoms with Crippen LogP contribution in [0.15, 0.2) is 22.9 Å². The molecule has 1 aliphatic heterocycles. The van der Waals surface area contributed by atoms with Gasteiger partial charge in [0.1, 0.15) is 5.76 Å². The van der Waals surface area contributed by atoms with E-state index in [1.807, 2.05) is 11.1 Å². The number of nitrogens with one attached hydrogen (secondary N) is 2. The molecule has 0 radical (unpaired) electrons. The lowest BCUT2D eigenvalue weighted by molar-refractivity contribution is -0.124. The van der Waals surface area contributed by atoms with Crippen LogP contribution in [-0.2, 0) is 11.2 Å². The van der Waals surface area contributed by atoms with E-state index in [2.05, 4.69) is 22.4 Å². The van der Waals surface area contributed by atoms with Crippen molar-refractivity contribution in [3.63, 3.8) is 0 Å². The highest BCUT2D eigenvalue weighted by molar-refractivity contribution is 5.95. The fourth-order valence-corrected chi connectivity index (χ4v) is 4.31. The highest BCUT2D eigenvalue weighted by Crippen LogP contribution is 2.33. The molecule has 1 aliphatic carbocycles. The summed E-state index contributed by atoms with van der Waals surface area (Å²) < 4.78 is 5.24. The number of carbonyl (C=O) groups is 2. The summed E-state index contributed by atoms with van der Waals surface area (Å²) in [7, 11) is 0. The predicted octanol–water partition coefficient (Wildman–Crippen LogP) is 2.40. The van der Waals surface area contributed by atoms with Gasteiger partial charge in [0, 0.05) is 19.1 Å². The second kappa shape index (κ2) is 7.21. The lowest BCUT2D eigenvalue weighted by Gasteiger charge is -2.34. The highest BCUT2D eigenvalue weighted by Gasteiger charge is 2.33. The van der Waals surface area contributed by atoms with E-state index in [0.29, 0.717) is 30.3 Å². The molecule has 2 aliphatic rings. The third kappa shape index (κ3) is 3.50. The van der Waals surface area contributed by atoms with Gasteiger partial charge in [-0.2, -0.15) is 5.10 Å². The average Bonchev–Trinajstić information content (AvgIpc) is 3.29. The van der Waals surface area contributed by atoms with E-state index in [1.54, 1.807) is 19.3 Å². The number of hydrogen-bond donors (Lipinski definition) is 2. The Kier molecular flexibility index (Phi) is 4.76. The Morgan fingerprint density at radius 2 is 2.11 bits per heavy atom. The van der Waals surface area contributed by atoms with E-state index in [4.69, 9.17) is 4.42 Å². The molecule has 27 heavy (non-hydrogen) atoms. The lowest BCUT2D eigenvalue weighted by Crippen LogP contribution is -2.48. The molecule has 7 heteroatoms. The lowest BCUT2D eigenvalue weighted by atomic mass is 9.81. The Morgan fingerprint density at radius 3 is 2.81 bits per heavy atom. The zero-order valence-electron chi connectivity index (χ0n) is 15.8. The van der Waals surface area contributed by atoms with Crippen molar-refractivity contribution in [2.45, 2.75) is 51.5 Å². The minimum absolute atomic E-state index is 0.00855. The van der Waals surface area contributed by atoms with Crippen LogP contribution in [-0.4, -0.2) is 46.0 Å². The Morgan fingerprint density at radius 1 is 1.33 bits per heavy atom. The minimum Gasteiger partial charge on any atom is -0.469 e. The maximum atomic E-state index is 12.9. The molecule has 2 aromatic rings. The third-order valence-electron chi connectivity index (χ3n) is 5.84. The van der Waals surface area contributed by atoms with Crippen molar-refractivity contribution >= 4 is 11.8 Å². The molecular formula is C20H26N4O3. The number of hydrogen-bond acceptors (Lipinski definition) is 4. The predicted molar refractivity (Wildman–Crippen MR) is 99.3 cm³/mol. The molecule has 4 rings (SSSR count). The van der Waals surface area contributed by atoms with Crippen molar-refractivity contribution in [1.29, 1.82) is 0 Å². The van der Waals surface area contributed by atoms with E-state index >= 15 is 0 Å². The number of fused-ring (bicyclic) bond motifs is 1. The van der Waals surface area contributed by atoms with Gasteiger partial charge >= 0.3 is 0 Å². The van der Waals surface area contributed by atoms with Crippen LogP contribution in [0.1, 0.15) is 59.5 Å². The molecular weight excluding hydrogens is 344 g/mol. The Balaban J connectivity index is 1.34. The summed E-state index contributed by atoms with van der Waals surface area (Å²) in [5, 5.41) is 10.3. The van der Waals surface area contributed by atoms with Gasteiger partial charge in [-0.25, -0.2) is 0 Å². The van der Waals surface area contributed by atoms with Crippen LogP contribution in [0.2, 0.25) is 0 Å². The van der Waals surface area contributed by atoms with Gasteiger partial charge in [-0.1, -0.05) is 6.92 Å². The molecule has 7 nitrogen and oxygen atoms in total. The maximum absolute atomic E-state index is 12.9. The second-order valence-corrected chi connectivity index (χ2v) is 7.87. The van der Waals surface area contributed by atoms with Crippen LogP contribution in [0.5, 0.6) is 0 Å². The van der Waals surface area contributed by atoms with Crippen molar-refractivity contribution in [1.82, 2.24) is 20.4 Å². The van der Waals surface area contributed by atoms with Crippen molar-refractivity contribution < 1.29 is 14.0 Å². The molecule has 3 heterocycles. The van der Waals surface area contributed by atoms with E-state index in [9.17, 15) is 9.59 Å². The molecule has 1 fully saturated rings. The number of H-pyrrole nitrogens is 1. The van der Waals surface area contributed by atoms with E-state index < -0.39 is 0 Å². The summed E-state index contributed by atoms with van der Waals surface area (Å²) in [5.74, 6) is 1.05. The number of amides is 2. The Labute approximate surface area is 158 Å². The van der Waals surface area contributed by atoms with Gasteiger partial charge in [0.2, 0.25) is 5.91 Å². The van der Waals surface area contributed by atoms with Crippen molar-refractivity contribution in [2.24, 2.45) is 5.92 Å². The van der Waals surface area contributed by atoms with Gasteiger partial charge in [0.15, 0.2) is 0 Å². The standard InChI is InChI=1S/C20H26N4O3/c1-12-9-14-11-21-23-18(14)17(10-12)19(25)22-15-3-6-24(7-4-15)20(26)16-5-8-27-13(16)2/h5,8,11-12,15,17H,3-4,6-7,9-10H2,1-2H3,(H,21,23)(H,22,25). The average molecular weight is 370 g/mol. The topological polar surface area (TPSA) is 91.2 Å². The van der Waals surface area contributed by atoms with Crippen molar-refractivity contribution in [2.75, 3.05) is 13.1 Å². The van der Waals surface area contributed by atoms with E-state index in [0.717, 1.165) is 36.9 Å². The largest absolute Gasteiger partial charge is 0.469 e. The fraction of sp³-hybridized carbons (Fsp3) is 0.550. The number of piperidine rings is 1. The van der Waals surface area contributed by atoms with Crippen LogP contribution >= 0.6 is 0 Å². The minimum atomic E-state index is -0.153. The zero-order chi connectivity index (χ0) is 19.0. The van der Waals surface area contributed by atoms with Crippen LogP contribution in [0.25, 0.3) is 0 Å². The fourth-order valence-electron chi connectivity index (χ4n) is 4.31. The van der Waals surface area contributed by atoms with Gasteiger partial charge in [0.05, 0.1) is 29.6 Å². The van der Waals surface area contributed by atoms with Crippen LogP contribution in [0.4, 0.5) is 0 Å². The summed E-state index contributed by atoms with van der Waals surface area (Å²) in [6, 6.07) is 1.83. The molecule has 0 bridgehead atoms. The summed E-state index contributed by atoms with van der Waals surface area (Å²) in [5.41, 5.74) is 2.75. The molecule has 2 amide bonds. The molecule has 0 saturated carbocycles. The summed E-state index contributed by atoms with van der Waals surface area (Å²) in [4.78, 5) is 27.3. The first-order chi connectivity index (χ1) is 13.0. The summed E-state index contributed by atoms with van der Waals surface area (Å²) in [6.07, 6.45) is 6.75. The molecule has 2 N–H and O–H groups in total. The highest BCUT2D eigenvalue weighted by atomic mass is 16.3. The first-order valence-corrected chi connectivity index (χ1v) is 9.68. The summed E-state index contributed by atoms with van der Waals surface area (Å²) >= 11 is 0. The quantitative estimate of drug-likeness (QED) is 0.868. The van der Waals surface area contributed by atoms with E-state index in [1.165, 1.54) is 0 Å². The molecule has 2 atom stereocenters. The SMILES string of the molecule is Cc1occc1C(=O)N1CCC(NC(=O)C2CC(C)Cc3cn[nH]c32)CC1.